The molecule has 0 saturated heterocycles. The van der Waals surface area contributed by atoms with Gasteiger partial charge in [0.1, 0.15) is 5.82 Å². The highest BCUT2D eigenvalue weighted by atomic mass is 35.5. The first-order valence-corrected chi connectivity index (χ1v) is 7.76. The molecule has 2 atom stereocenters. The van der Waals surface area contributed by atoms with Crippen molar-refractivity contribution >= 4 is 11.6 Å². The molecular weight excluding hydrogens is 285 g/mol. The maximum atomic E-state index is 14.2. The Hall–Kier alpha value is -1.38. The molecule has 21 heavy (non-hydrogen) atoms. The van der Waals surface area contributed by atoms with E-state index in [0.29, 0.717) is 16.5 Å². The number of fused-ring (bicyclic) bond motifs is 1. The summed E-state index contributed by atoms with van der Waals surface area (Å²) in [7, 11) is 1.90. The summed E-state index contributed by atoms with van der Waals surface area (Å²) in [4.78, 5) is 0. The number of hydrogen-bond donors (Lipinski definition) is 1. The largest absolute Gasteiger partial charge is 0.313 e. The van der Waals surface area contributed by atoms with Crippen molar-refractivity contribution < 1.29 is 4.39 Å². The van der Waals surface area contributed by atoms with E-state index in [2.05, 4.69) is 29.6 Å². The Morgan fingerprint density at radius 3 is 2.67 bits per heavy atom. The monoisotopic (exact) mass is 303 g/mol. The van der Waals surface area contributed by atoms with E-state index in [1.165, 1.54) is 17.2 Å². The lowest BCUT2D eigenvalue weighted by molar-refractivity contribution is 0.334. The summed E-state index contributed by atoms with van der Waals surface area (Å²) in [5, 5.41) is 3.74. The summed E-state index contributed by atoms with van der Waals surface area (Å²) in [6, 6.07) is 13.6. The van der Waals surface area contributed by atoms with Gasteiger partial charge in [0.2, 0.25) is 0 Å². The van der Waals surface area contributed by atoms with Gasteiger partial charge in [0.05, 0.1) is 0 Å². The minimum atomic E-state index is -0.222. The van der Waals surface area contributed by atoms with E-state index in [1.54, 1.807) is 12.1 Å². The van der Waals surface area contributed by atoms with Crippen LogP contribution in [0.1, 0.15) is 29.2 Å². The lowest BCUT2D eigenvalue weighted by Crippen LogP contribution is -2.30. The van der Waals surface area contributed by atoms with E-state index in [0.717, 1.165) is 19.3 Å². The van der Waals surface area contributed by atoms with Crippen molar-refractivity contribution in [2.45, 2.75) is 25.3 Å². The second-order valence-corrected chi connectivity index (χ2v) is 6.14. The number of rotatable bonds is 3. The van der Waals surface area contributed by atoms with Crippen molar-refractivity contribution in [3.05, 3.63) is 70.0 Å². The molecule has 1 N–H and O–H groups in total. The summed E-state index contributed by atoms with van der Waals surface area (Å²) >= 11 is 5.86. The molecule has 110 valence electrons. The van der Waals surface area contributed by atoms with Gasteiger partial charge in [0.25, 0.3) is 0 Å². The third-order valence-corrected chi connectivity index (χ3v) is 4.70. The van der Waals surface area contributed by atoms with E-state index in [4.69, 9.17) is 11.6 Å². The minimum absolute atomic E-state index is 0.0237. The van der Waals surface area contributed by atoms with Crippen LogP contribution in [0.4, 0.5) is 4.39 Å². The molecule has 1 aliphatic rings. The highest BCUT2D eigenvalue weighted by molar-refractivity contribution is 6.30. The van der Waals surface area contributed by atoms with E-state index in [-0.39, 0.29) is 11.9 Å². The fraction of sp³-hybridized carbons (Fsp3) is 0.333. The predicted molar refractivity (Wildman–Crippen MR) is 85.2 cm³/mol. The lowest BCUT2D eigenvalue weighted by atomic mass is 9.78. The molecule has 1 aliphatic carbocycles. The van der Waals surface area contributed by atoms with Crippen LogP contribution in [0, 0.1) is 11.7 Å². The first-order valence-electron chi connectivity index (χ1n) is 7.38. The first kappa shape index (κ1) is 14.6. The van der Waals surface area contributed by atoms with E-state index >= 15 is 0 Å². The summed E-state index contributed by atoms with van der Waals surface area (Å²) < 4.78 is 14.2. The van der Waals surface area contributed by atoms with Gasteiger partial charge in [0, 0.05) is 16.6 Å². The van der Waals surface area contributed by atoms with Gasteiger partial charge < -0.3 is 5.32 Å². The molecule has 0 aromatic heterocycles. The van der Waals surface area contributed by atoms with Crippen LogP contribution in [-0.4, -0.2) is 7.05 Å². The van der Waals surface area contributed by atoms with Gasteiger partial charge in [-0.3, -0.25) is 0 Å². The fourth-order valence-electron chi connectivity index (χ4n) is 3.41. The van der Waals surface area contributed by atoms with Crippen LogP contribution in [0.5, 0.6) is 0 Å². The van der Waals surface area contributed by atoms with Crippen molar-refractivity contribution in [1.29, 1.82) is 0 Å². The van der Waals surface area contributed by atoms with Crippen LogP contribution in [0.2, 0.25) is 5.02 Å². The number of hydrogen-bond acceptors (Lipinski definition) is 1. The van der Waals surface area contributed by atoms with Crippen molar-refractivity contribution in [3.8, 4) is 0 Å². The molecule has 1 nitrogen and oxygen atoms in total. The molecule has 0 spiro atoms. The zero-order valence-corrected chi connectivity index (χ0v) is 12.8. The lowest BCUT2D eigenvalue weighted by Gasteiger charge is -2.32. The Labute approximate surface area is 130 Å². The summed E-state index contributed by atoms with van der Waals surface area (Å²) in [5.41, 5.74) is 3.54. The molecule has 0 fully saturated rings. The molecule has 0 radical (unpaired) electrons. The average Bonchev–Trinajstić information content (AvgIpc) is 2.50. The van der Waals surface area contributed by atoms with Gasteiger partial charge in [0.15, 0.2) is 0 Å². The van der Waals surface area contributed by atoms with E-state index in [9.17, 15) is 4.39 Å². The molecule has 3 rings (SSSR count). The molecule has 0 bridgehead atoms. The minimum Gasteiger partial charge on any atom is -0.313 e. The van der Waals surface area contributed by atoms with Crippen LogP contribution >= 0.6 is 11.6 Å². The van der Waals surface area contributed by atoms with Gasteiger partial charge >= 0.3 is 0 Å². The van der Waals surface area contributed by atoms with Crippen molar-refractivity contribution in [1.82, 2.24) is 5.32 Å². The van der Waals surface area contributed by atoms with Gasteiger partial charge in [-0.05, 0) is 55.5 Å². The Bertz CT molecular complexity index is 641. The standard InChI is InChI=1S/C18H19ClFN/c1-21-18(16-9-8-15(19)11-17(16)20)14-7-6-12-4-2-3-5-13(12)10-14/h2-5,8-9,11,14,18,21H,6-7,10H2,1H3. The van der Waals surface area contributed by atoms with E-state index < -0.39 is 0 Å². The number of aryl methyl sites for hydroxylation is 1. The highest BCUT2D eigenvalue weighted by Gasteiger charge is 2.28. The second kappa shape index (κ2) is 6.17. The topological polar surface area (TPSA) is 12.0 Å². The zero-order valence-electron chi connectivity index (χ0n) is 12.1. The molecule has 2 aromatic rings. The van der Waals surface area contributed by atoms with Crippen molar-refractivity contribution in [2.75, 3.05) is 7.05 Å². The van der Waals surface area contributed by atoms with Gasteiger partial charge in [-0.15, -0.1) is 0 Å². The Kier molecular flexibility index (Phi) is 4.27. The molecule has 0 saturated carbocycles. The fourth-order valence-corrected chi connectivity index (χ4v) is 3.57. The second-order valence-electron chi connectivity index (χ2n) is 5.70. The van der Waals surface area contributed by atoms with Gasteiger partial charge in [-0.2, -0.15) is 0 Å². The summed E-state index contributed by atoms with van der Waals surface area (Å²) in [6.45, 7) is 0. The van der Waals surface area contributed by atoms with Gasteiger partial charge in [-0.1, -0.05) is 41.9 Å². The molecule has 3 heteroatoms. The molecular formula is C18H19ClFN. The number of benzene rings is 2. The predicted octanol–water partition coefficient (Wildman–Crippen LogP) is 4.54. The number of nitrogens with one attached hydrogen (secondary N) is 1. The van der Waals surface area contributed by atoms with Crippen molar-refractivity contribution in [3.63, 3.8) is 0 Å². The summed E-state index contributed by atoms with van der Waals surface area (Å²) in [6.07, 6.45) is 3.13. The van der Waals surface area contributed by atoms with Crippen LogP contribution < -0.4 is 5.32 Å². The Balaban J connectivity index is 1.88. The average molecular weight is 304 g/mol. The van der Waals surface area contributed by atoms with Crippen molar-refractivity contribution in [2.24, 2.45) is 5.92 Å². The smallest absolute Gasteiger partial charge is 0.129 e. The Morgan fingerprint density at radius 2 is 1.95 bits per heavy atom. The quantitative estimate of drug-likeness (QED) is 0.877. The third-order valence-electron chi connectivity index (χ3n) is 4.46. The van der Waals surface area contributed by atoms with Crippen LogP contribution in [0.3, 0.4) is 0 Å². The summed E-state index contributed by atoms with van der Waals surface area (Å²) in [5.74, 6) is 0.182. The normalized spacial score (nSPS) is 19.1. The molecule has 0 amide bonds. The molecule has 0 heterocycles. The van der Waals surface area contributed by atoms with Crippen LogP contribution in [-0.2, 0) is 12.8 Å². The van der Waals surface area contributed by atoms with Crippen LogP contribution in [0.25, 0.3) is 0 Å². The van der Waals surface area contributed by atoms with E-state index in [1.807, 2.05) is 7.05 Å². The Morgan fingerprint density at radius 1 is 1.19 bits per heavy atom. The maximum absolute atomic E-state index is 14.2. The zero-order chi connectivity index (χ0) is 14.8. The van der Waals surface area contributed by atoms with Crippen LogP contribution in [0.15, 0.2) is 42.5 Å². The molecule has 2 aromatic carbocycles. The maximum Gasteiger partial charge on any atom is 0.129 e. The van der Waals surface area contributed by atoms with Gasteiger partial charge in [-0.25, -0.2) is 4.39 Å². The molecule has 0 aliphatic heterocycles. The molecule has 2 unspecified atom stereocenters. The number of halogens is 2. The highest BCUT2D eigenvalue weighted by Crippen LogP contribution is 2.35. The third kappa shape index (κ3) is 2.97. The SMILES string of the molecule is CNC(c1ccc(Cl)cc1F)C1CCc2ccccc2C1. The first-order chi connectivity index (χ1) is 10.2.